The minimum absolute atomic E-state index is 0.114. The fourth-order valence-electron chi connectivity index (χ4n) is 0.899. The number of halogens is 3. The SMILES string of the molecule is Nc1ccc(COCCC(F)(F)F)cn1. The van der Waals surface area contributed by atoms with Gasteiger partial charge in [-0.2, -0.15) is 13.2 Å². The fraction of sp³-hybridized carbons (Fsp3) is 0.444. The first-order valence-electron chi connectivity index (χ1n) is 4.32. The molecule has 0 aliphatic rings. The van der Waals surface area contributed by atoms with Crippen molar-refractivity contribution < 1.29 is 17.9 Å². The van der Waals surface area contributed by atoms with E-state index in [1.54, 1.807) is 12.1 Å². The van der Waals surface area contributed by atoms with E-state index < -0.39 is 12.6 Å². The number of hydrogen-bond donors (Lipinski definition) is 1. The smallest absolute Gasteiger partial charge is 0.384 e. The molecular weight excluding hydrogens is 209 g/mol. The molecule has 1 aromatic heterocycles. The molecule has 1 aromatic rings. The van der Waals surface area contributed by atoms with Gasteiger partial charge in [-0.3, -0.25) is 0 Å². The summed E-state index contributed by atoms with van der Waals surface area (Å²) in [6.45, 7) is -0.225. The molecule has 0 aliphatic carbocycles. The van der Waals surface area contributed by atoms with Crippen molar-refractivity contribution in [3.63, 3.8) is 0 Å². The lowest BCUT2D eigenvalue weighted by molar-refractivity contribution is -0.146. The Morgan fingerprint density at radius 1 is 1.33 bits per heavy atom. The number of anilines is 1. The molecule has 84 valence electrons. The van der Waals surface area contributed by atoms with E-state index in [4.69, 9.17) is 10.5 Å². The molecule has 0 fully saturated rings. The van der Waals surface area contributed by atoms with Crippen molar-refractivity contribution >= 4 is 5.82 Å². The van der Waals surface area contributed by atoms with Crippen LogP contribution in [0.5, 0.6) is 0 Å². The maximum atomic E-state index is 11.7. The summed E-state index contributed by atoms with van der Waals surface area (Å²) in [5, 5.41) is 0. The highest BCUT2D eigenvalue weighted by atomic mass is 19.4. The van der Waals surface area contributed by atoms with Gasteiger partial charge in [0.05, 0.1) is 19.6 Å². The zero-order valence-corrected chi connectivity index (χ0v) is 7.92. The third kappa shape index (κ3) is 5.21. The number of nitrogens with two attached hydrogens (primary N) is 1. The molecule has 0 unspecified atom stereocenters. The molecule has 0 spiro atoms. The number of aromatic nitrogens is 1. The number of pyridine rings is 1. The van der Waals surface area contributed by atoms with Crippen LogP contribution in [0.25, 0.3) is 0 Å². The van der Waals surface area contributed by atoms with Crippen molar-refractivity contribution in [2.24, 2.45) is 0 Å². The second-order valence-electron chi connectivity index (χ2n) is 3.01. The van der Waals surface area contributed by atoms with Crippen LogP contribution in [-0.2, 0) is 11.3 Å². The van der Waals surface area contributed by atoms with E-state index >= 15 is 0 Å². The summed E-state index contributed by atoms with van der Waals surface area (Å²) >= 11 is 0. The average Bonchev–Trinajstić information content (AvgIpc) is 2.14. The van der Waals surface area contributed by atoms with Crippen molar-refractivity contribution in [3.05, 3.63) is 23.9 Å². The highest BCUT2D eigenvalue weighted by molar-refractivity contribution is 5.28. The van der Waals surface area contributed by atoms with E-state index in [-0.39, 0.29) is 13.2 Å². The van der Waals surface area contributed by atoms with E-state index in [0.717, 1.165) is 0 Å². The van der Waals surface area contributed by atoms with Gasteiger partial charge >= 0.3 is 6.18 Å². The second kappa shape index (κ2) is 4.97. The molecule has 15 heavy (non-hydrogen) atoms. The zero-order valence-electron chi connectivity index (χ0n) is 7.92. The highest BCUT2D eigenvalue weighted by Gasteiger charge is 2.26. The standard InChI is InChI=1S/C9H11F3N2O/c10-9(11,12)3-4-15-6-7-1-2-8(13)14-5-7/h1-2,5H,3-4,6H2,(H2,13,14). The Bertz CT molecular complexity index is 297. The van der Waals surface area contributed by atoms with E-state index in [1.807, 2.05) is 0 Å². The molecule has 0 aliphatic heterocycles. The Labute approximate surface area is 85.1 Å². The first kappa shape index (κ1) is 11.8. The molecule has 0 amide bonds. The van der Waals surface area contributed by atoms with Crippen molar-refractivity contribution in [1.29, 1.82) is 0 Å². The van der Waals surface area contributed by atoms with Gasteiger partial charge < -0.3 is 10.5 Å². The summed E-state index contributed by atoms with van der Waals surface area (Å²) in [5.74, 6) is 0.369. The van der Waals surface area contributed by atoms with Gasteiger partial charge in [0.1, 0.15) is 5.82 Å². The molecule has 6 heteroatoms. The number of ether oxygens (including phenoxy) is 1. The Balaban J connectivity index is 2.23. The maximum Gasteiger partial charge on any atom is 0.391 e. The van der Waals surface area contributed by atoms with E-state index in [9.17, 15) is 13.2 Å². The van der Waals surface area contributed by atoms with Gasteiger partial charge in [-0.25, -0.2) is 4.98 Å². The van der Waals surface area contributed by atoms with Gasteiger partial charge in [-0.05, 0) is 11.6 Å². The minimum atomic E-state index is -4.17. The van der Waals surface area contributed by atoms with E-state index in [1.165, 1.54) is 6.20 Å². The van der Waals surface area contributed by atoms with Crippen molar-refractivity contribution in [2.75, 3.05) is 12.3 Å². The third-order valence-corrected chi connectivity index (χ3v) is 1.65. The molecule has 2 N–H and O–H groups in total. The fourth-order valence-corrected chi connectivity index (χ4v) is 0.899. The largest absolute Gasteiger partial charge is 0.391 e. The lowest BCUT2D eigenvalue weighted by atomic mass is 10.3. The summed E-state index contributed by atoms with van der Waals surface area (Å²) in [5.41, 5.74) is 6.04. The van der Waals surface area contributed by atoms with Crippen LogP contribution in [0.3, 0.4) is 0 Å². The van der Waals surface area contributed by atoms with Crippen molar-refractivity contribution in [2.45, 2.75) is 19.2 Å². The normalized spacial score (nSPS) is 11.7. The predicted octanol–water partition coefficient (Wildman–Crippen LogP) is 2.13. The lowest BCUT2D eigenvalue weighted by Crippen LogP contribution is -2.11. The predicted molar refractivity (Wildman–Crippen MR) is 49.0 cm³/mol. The Morgan fingerprint density at radius 2 is 2.07 bits per heavy atom. The molecule has 0 atom stereocenters. The number of rotatable bonds is 4. The van der Waals surface area contributed by atoms with Crippen LogP contribution in [0.2, 0.25) is 0 Å². The topological polar surface area (TPSA) is 48.1 Å². The Kier molecular flexibility index (Phi) is 3.90. The van der Waals surface area contributed by atoms with Crippen LogP contribution in [0.4, 0.5) is 19.0 Å². The molecule has 0 radical (unpaired) electrons. The maximum absolute atomic E-state index is 11.7. The van der Waals surface area contributed by atoms with Crippen LogP contribution in [0.15, 0.2) is 18.3 Å². The first-order chi connectivity index (χ1) is 6.97. The van der Waals surface area contributed by atoms with Crippen LogP contribution < -0.4 is 5.73 Å². The summed E-state index contributed by atoms with van der Waals surface area (Å²) in [4.78, 5) is 3.78. The molecule has 1 heterocycles. The lowest BCUT2D eigenvalue weighted by Gasteiger charge is -2.07. The summed E-state index contributed by atoms with van der Waals surface area (Å²) < 4.78 is 40.0. The second-order valence-corrected chi connectivity index (χ2v) is 3.01. The number of nitrogens with zero attached hydrogens (tertiary/aromatic N) is 1. The summed E-state index contributed by atoms with van der Waals surface area (Å²) in [6, 6.07) is 3.23. The highest BCUT2D eigenvalue weighted by Crippen LogP contribution is 2.19. The number of alkyl halides is 3. The van der Waals surface area contributed by atoms with Gasteiger partial charge in [0.25, 0.3) is 0 Å². The van der Waals surface area contributed by atoms with Gasteiger partial charge in [0, 0.05) is 6.20 Å². The quantitative estimate of drug-likeness (QED) is 0.791. The number of hydrogen-bond acceptors (Lipinski definition) is 3. The summed E-state index contributed by atoms with van der Waals surface area (Å²) in [6.07, 6.45) is -3.63. The van der Waals surface area contributed by atoms with Gasteiger partial charge in [0.15, 0.2) is 0 Å². The van der Waals surface area contributed by atoms with Crippen molar-refractivity contribution in [3.8, 4) is 0 Å². The molecule has 0 aromatic carbocycles. The monoisotopic (exact) mass is 220 g/mol. The van der Waals surface area contributed by atoms with E-state index in [0.29, 0.717) is 11.4 Å². The van der Waals surface area contributed by atoms with E-state index in [2.05, 4.69) is 4.98 Å². The minimum Gasteiger partial charge on any atom is -0.384 e. The van der Waals surface area contributed by atoms with Crippen LogP contribution in [0.1, 0.15) is 12.0 Å². The Morgan fingerprint density at radius 3 is 2.60 bits per heavy atom. The zero-order chi connectivity index (χ0) is 11.3. The van der Waals surface area contributed by atoms with Gasteiger partial charge in [-0.15, -0.1) is 0 Å². The van der Waals surface area contributed by atoms with Crippen molar-refractivity contribution in [1.82, 2.24) is 4.98 Å². The molecular formula is C9H11F3N2O. The average molecular weight is 220 g/mol. The van der Waals surface area contributed by atoms with Gasteiger partial charge in [-0.1, -0.05) is 6.07 Å². The molecule has 3 nitrogen and oxygen atoms in total. The summed E-state index contributed by atoms with van der Waals surface area (Å²) in [7, 11) is 0. The van der Waals surface area contributed by atoms with Crippen LogP contribution in [-0.4, -0.2) is 17.8 Å². The molecule has 0 saturated carbocycles. The first-order valence-corrected chi connectivity index (χ1v) is 4.32. The van der Waals surface area contributed by atoms with Crippen LogP contribution >= 0.6 is 0 Å². The molecule has 1 rings (SSSR count). The Hall–Kier alpha value is -1.30. The third-order valence-electron chi connectivity index (χ3n) is 1.65. The van der Waals surface area contributed by atoms with Crippen LogP contribution in [0, 0.1) is 0 Å². The number of nitrogen functional groups attached to an aromatic ring is 1. The molecule has 0 bridgehead atoms. The molecule has 0 saturated heterocycles. The van der Waals surface area contributed by atoms with Gasteiger partial charge in [0.2, 0.25) is 0 Å².